The van der Waals surface area contributed by atoms with Crippen LogP contribution in [0.25, 0.3) is 11.2 Å². The minimum atomic E-state index is -0.876. The molecule has 0 unspecified atom stereocenters. The van der Waals surface area contributed by atoms with Gasteiger partial charge in [0.2, 0.25) is 0 Å². The van der Waals surface area contributed by atoms with E-state index in [0.29, 0.717) is 24.3 Å². The summed E-state index contributed by atoms with van der Waals surface area (Å²) in [6, 6.07) is 0. The molecule has 0 spiro atoms. The number of carbonyl (C=O) groups is 1. The predicted octanol–water partition coefficient (Wildman–Crippen LogP) is -0.632. The van der Waals surface area contributed by atoms with Crippen molar-refractivity contribution in [2.75, 3.05) is 0 Å². The molecular formula is C11H14N4O4. The van der Waals surface area contributed by atoms with Crippen LogP contribution in [0.1, 0.15) is 18.7 Å². The fourth-order valence-corrected chi connectivity index (χ4v) is 1.90. The smallest absolute Gasteiger partial charge is 0.332 e. The molecule has 0 aromatic carbocycles. The maximum absolute atomic E-state index is 11.9. The highest BCUT2D eigenvalue weighted by Gasteiger charge is 2.13. The van der Waals surface area contributed by atoms with E-state index in [-0.39, 0.29) is 11.9 Å². The lowest BCUT2D eigenvalue weighted by atomic mass is 10.2. The number of aromatic amines is 1. The Morgan fingerprint density at radius 3 is 2.63 bits per heavy atom. The van der Waals surface area contributed by atoms with Crippen LogP contribution >= 0.6 is 0 Å². The number of aliphatic carboxylic acids is 1. The fourth-order valence-electron chi connectivity index (χ4n) is 1.90. The number of rotatable bonds is 4. The number of hydrogen-bond donors (Lipinski definition) is 2. The summed E-state index contributed by atoms with van der Waals surface area (Å²) in [6.07, 6.45) is 0.871. The molecule has 0 aliphatic rings. The highest BCUT2D eigenvalue weighted by Crippen LogP contribution is 2.07. The molecule has 2 rings (SSSR count). The Morgan fingerprint density at radius 1 is 1.32 bits per heavy atom. The van der Waals surface area contributed by atoms with Gasteiger partial charge in [0.25, 0.3) is 5.56 Å². The van der Waals surface area contributed by atoms with Crippen molar-refractivity contribution in [2.45, 2.75) is 19.3 Å². The normalized spacial score (nSPS) is 11.1. The molecule has 0 saturated carbocycles. The second kappa shape index (κ2) is 4.71. The average molecular weight is 266 g/mol. The topological polar surface area (TPSA) is 110 Å². The Balaban J connectivity index is 2.44. The van der Waals surface area contributed by atoms with E-state index in [2.05, 4.69) is 9.97 Å². The van der Waals surface area contributed by atoms with Crippen LogP contribution in [-0.4, -0.2) is 30.2 Å². The van der Waals surface area contributed by atoms with Gasteiger partial charge in [-0.05, 0) is 6.42 Å². The van der Waals surface area contributed by atoms with Crippen molar-refractivity contribution in [3.63, 3.8) is 0 Å². The lowest BCUT2D eigenvalue weighted by molar-refractivity contribution is -0.137. The van der Waals surface area contributed by atoms with E-state index in [4.69, 9.17) is 5.11 Å². The number of aryl methyl sites for hydroxylation is 2. The first-order valence-electron chi connectivity index (χ1n) is 5.78. The van der Waals surface area contributed by atoms with E-state index < -0.39 is 17.2 Å². The Morgan fingerprint density at radius 2 is 2.00 bits per heavy atom. The van der Waals surface area contributed by atoms with Gasteiger partial charge in [0.15, 0.2) is 5.52 Å². The maximum Gasteiger partial charge on any atom is 0.332 e. The van der Waals surface area contributed by atoms with Gasteiger partial charge in [-0.2, -0.15) is 0 Å². The molecule has 0 fully saturated rings. The Labute approximate surface area is 107 Å². The molecule has 19 heavy (non-hydrogen) atoms. The fraction of sp³-hybridized carbons (Fsp3) is 0.455. The van der Waals surface area contributed by atoms with Gasteiger partial charge in [-0.25, -0.2) is 9.78 Å². The van der Waals surface area contributed by atoms with E-state index in [1.54, 1.807) is 7.05 Å². The first-order valence-corrected chi connectivity index (χ1v) is 5.78. The first kappa shape index (κ1) is 13.1. The zero-order chi connectivity index (χ0) is 14.2. The third-order valence-electron chi connectivity index (χ3n) is 2.95. The van der Waals surface area contributed by atoms with Gasteiger partial charge < -0.3 is 10.1 Å². The lowest BCUT2D eigenvalue weighted by Crippen LogP contribution is -2.36. The van der Waals surface area contributed by atoms with E-state index in [1.165, 1.54) is 11.6 Å². The zero-order valence-corrected chi connectivity index (χ0v) is 10.6. The van der Waals surface area contributed by atoms with Crippen LogP contribution < -0.4 is 11.2 Å². The minimum absolute atomic E-state index is 0.0357. The van der Waals surface area contributed by atoms with E-state index in [0.717, 1.165) is 4.57 Å². The van der Waals surface area contributed by atoms with Crippen LogP contribution in [0.2, 0.25) is 0 Å². The summed E-state index contributed by atoms with van der Waals surface area (Å²) < 4.78 is 2.30. The van der Waals surface area contributed by atoms with Crippen LogP contribution in [-0.2, 0) is 25.3 Å². The molecule has 2 aromatic rings. The van der Waals surface area contributed by atoms with Crippen molar-refractivity contribution in [1.82, 2.24) is 19.1 Å². The Kier molecular flexibility index (Phi) is 3.24. The van der Waals surface area contributed by atoms with Crippen molar-refractivity contribution >= 4 is 17.1 Å². The number of carboxylic acids is 1. The molecule has 0 aliphatic heterocycles. The summed E-state index contributed by atoms with van der Waals surface area (Å²) in [6.45, 7) is 0. The van der Waals surface area contributed by atoms with Crippen molar-refractivity contribution in [3.8, 4) is 0 Å². The summed E-state index contributed by atoms with van der Waals surface area (Å²) in [5, 5.41) is 8.56. The third kappa shape index (κ3) is 2.28. The van der Waals surface area contributed by atoms with Crippen molar-refractivity contribution < 1.29 is 9.90 Å². The van der Waals surface area contributed by atoms with Gasteiger partial charge in [-0.15, -0.1) is 0 Å². The second-order valence-electron chi connectivity index (χ2n) is 4.33. The molecule has 0 bridgehead atoms. The molecular weight excluding hydrogens is 252 g/mol. The van der Waals surface area contributed by atoms with Gasteiger partial charge in [-0.3, -0.25) is 18.7 Å². The SMILES string of the molecule is Cn1c(=O)c2nc(CCCC(=O)O)[nH]c2n(C)c1=O. The molecule has 0 radical (unpaired) electrons. The standard InChI is InChI=1S/C11H14N4O4/c1-14-9-8(10(18)15(2)11(14)19)12-6(13-9)4-3-5-7(16)17/h3-5H2,1-2H3,(H,12,13)(H,16,17). The van der Waals surface area contributed by atoms with Gasteiger partial charge in [-0.1, -0.05) is 0 Å². The molecule has 102 valence electrons. The molecule has 0 saturated heterocycles. The molecule has 2 aromatic heterocycles. The quantitative estimate of drug-likeness (QED) is 0.765. The van der Waals surface area contributed by atoms with Gasteiger partial charge in [0.05, 0.1) is 0 Å². The number of nitrogens with one attached hydrogen (secondary N) is 1. The average Bonchev–Trinajstić information content (AvgIpc) is 2.77. The lowest BCUT2D eigenvalue weighted by Gasteiger charge is -2.01. The summed E-state index contributed by atoms with van der Waals surface area (Å²) in [5.74, 6) is -0.367. The van der Waals surface area contributed by atoms with Crippen LogP contribution in [0.4, 0.5) is 0 Å². The van der Waals surface area contributed by atoms with Crippen LogP contribution in [0.3, 0.4) is 0 Å². The molecule has 2 heterocycles. The van der Waals surface area contributed by atoms with Crippen LogP contribution in [0.15, 0.2) is 9.59 Å². The van der Waals surface area contributed by atoms with E-state index in [9.17, 15) is 14.4 Å². The van der Waals surface area contributed by atoms with Gasteiger partial charge >= 0.3 is 11.7 Å². The molecule has 8 nitrogen and oxygen atoms in total. The highest BCUT2D eigenvalue weighted by molar-refractivity contribution is 5.69. The molecule has 2 N–H and O–H groups in total. The van der Waals surface area contributed by atoms with Crippen molar-refractivity contribution in [1.29, 1.82) is 0 Å². The minimum Gasteiger partial charge on any atom is -0.481 e. The molecule has 0 atom stereocenters. The van der Waals surface area contributed by atoms with Crippen molar-refractivity contribution in [2.24, 2.45) is 14.1 Å². The van der Waals surface area contributed by atoms with Crippen molar-refractivity contribution in [3.05, 3.63) is 26.7 Å². The Hall–Kier alpha value is -2.38. The number of H-pyrrole nitrogens is 1. The van der Waals surface area contributed by atoms with Gasteiger partial charge in [0, 0.05) is 26.9 Å². The highest BCUT2D eigenvalue weighted by atomic mass is 16.4. The van der Waals surface area contributed by atoms with E-state index in [1.807, 2.05) is 0 Å². The largest absolute Gasteiger partial charge is 0.481 e. The monoisotopic (exact) mass is 266 g/mol. The number of fused-ring (bicyclic) bond motifs is 1. The number of nitrogens with zero attached hydrogens (tertiary/aromatic N) is 3. The Bertz CT molecular complexity index is 752. The van der Waals surface area contributed by atoms with Gasteiger partial charge in [0.1, 0.15) is 11.5 Å². The summed E-state index contributed by atoms with van der Waals surface area (Å²) in [7, 11) is 2.94. The number of carboxylic acid groups (broad SMARTS) is 1. The summed E-state index contributed by atoms with van der Waals surface area (Å²) >= 11 is 0. The molecule has 0 amide bonds. The summed E-state index contributed by atoms with van der Waals surface area (Å²) in [5.41, 5.74) is -0.342. The molecule has 0 aliphatic carbocycles. The number of aromatic nitrogens is 4. The number of imidazole rings is 1. The molecule has 8 heteroatoms. The van der Waals surface area contributed by atoms with Crippen LogP contribution in [0.5, 0.6) is 0 Å². The van der Waals surface area contributed by atoms with Crippen LogP contribution in [0, 0.1) is 0 Å². The third-order valence-corrected chi connectivity index (χ3v) is 2.95. The maximum atomic E-state index is 11.9. The zero-order valence-electron chi connectivity index (χ0n) is 10.6. The predicted molar refractivity (Wildman–Crippen MR) is 67.1 cm³/mol. The van der Waals surface area contributed by atoms with E-state index >= 15 is 0 Å². The number of hydrogen-bond acceptors (Lipinski definition) is 4. The first-order chi connectivity index (χ1) is 8.91. The summed E-state index contributed by atoms with van der Waals surface area (Å²) in [4.78, 5) is 41.0. The second-order valence-corrected chi connectivity index (χ2v) is 4.33.